The van der Waals surface area contributed by atoms with E-state index in [1.165, 1.54) is 14.0 Å². The van der Waals surface area contributed by atoms with E-state index in [4.69, 9.17) is 4.74 Å². The second-order valence-electron chi connectivity index (χ2n) is 2.71. The van der Waals surface area contributed by atoms with Gasteiger partial charge in [0.25, 0.3) is 0 Å². The molecule has 1 N–H and O–H groups in total. The van der Waals surface area contributed by atoms with Crippen LogP contribution in [-0.4, -0.2) is 24.5 Å². The zero-order chi connectivity index (χ0) is 9.07. The van der Waals surface area contributed by atoms with Crippen molar-refractivity contribution in [3.63, 3.8) is 0 Å². The molecular weight excluding hydrogens is 146 g/mol. The molecule has 0 saturated carbocycles. The van der Waals surface area contributed by atoms with E-state index in [0.717, 1.165) is 0 Å². The summed E-state index contributed by atoms with van der Waals surface area (Å²) in [5, 5.41) is 2.26. The summed E-state index contributed by atoms with van der Waals surface area (Å²) in [6.07, 6.45) is -0.592. The van der Waals surface area contributed by atoms with E-state index in [0.29, 0.717) is 0 Å². The van der Waals surface area contributed by atoms with Crippen molar-refractivity contribution in [2.24, 2.45) is 0 Å². The lowest BCUT2D eigenvalue weighted by atomic mass is 10.1. The number of carbonyl (C=O) groups excluding carboxylic acids is 2. The highest BCUT2D eigenvalue weighted by Gasteiger charge is 2.27. The van der Waals surface area contributed by atoms with Gasteiger partial charge in [0.2, 0.25) is 0 Å². The minimum atomic E-state index is -1.03. The van der Waals surface area contributed by atoms with Crippen LogP contribution in [0.4, 0.5) is 4.79 Å². The third kappa shape index (κ3) is 3.02. The van der Waals surface area contributed by atoms with Gasteiger partial charge >= 0.3 is 6.09 Å². The van der Waals surface area contributed by atoms with E-state index in [1.807, 2.05) is 0 Å². The van der Waals surface area contributed by atoms with Gasteiger partial charge in [-0.1, -0.05) is 0 Å². The van der Waals surface area contributed by atoms with Crippen LogP contribution in [0.15, 0.2) is 0 Å². The third-order valence-corrected chi connectivity index (χ3v) is 1.40. The lowest BCUT2D eigenvalue weighted by Crippen LogP contribution is -2.38. The molecule has 0 fully saturated rings. The standard InChI is InChI=1S/C7H13NO3/c1-5(9)7(2,3)11-6(10)8-4/h1-4H3,(H,8,10). The number of hydrogen-bond donors (Lipinski definition) is 1. The second-order valence-corrected chi connectivity index (χ2v) is 2.71. The zero-order valence-corrected chi connectivity index (χ0v) is 7.22. The van der Waals surface area contributed by atoms with E-state index in [2.05, 4.69) is 5.32 Å². The van der Waals surface area contributed by atoms with E-state index >= 15 is 0 Å². The number of hydrogen-bond acceptors (Lipinski definition) is 3. The smallest absolute Gasteiger partial charge is 0.407 e. The number of ether oxygens (including phenoxy) is 1. The molecule has 64 valence electrons. The summed E-state index contributed by atoms with van der Waals surface area (Å²) in [6, 6.07) is 0. The van der Waals surface area contributed by atoms with Crippen molar-refractivity contribution < 1.29 is 14.3 Å². The first-order chi connectivity index (χ1) is 4.90. The number of carbonyl (C=O) groups is 2. The Labute approximate surface area is 65.9 Å². The third-order valence-electron chi connectivity index (χ3n) is 1.40. The maximum atomic E-state index is 10.8. The average Bonchev–Trinajstić information content (AvgIpc) is 1.86. The number of rotatable bonds is 2. The van der Waals surface area contributed by atoms with Gasteiger partial charge in [-0.25, -0.2) is 4.79 Å². The van der Waals surface area contributed by atoms with E-state index in [9.17, 15) is 9.59 Å². The van der Waals surface area contributed by atoms with Crippen LogP contribution in [0.3, 0.4) is 0 Å². The molecule has 0 saturated heterocycles. The molecule has 0 heterocycles. The van der Waals surface area contributed by atoms with Crippen LogP contribution in [-0.2, 0) is 9.53 Å². The Morgan fingerprint density at radius 1 is 1.36 bits per heavy atom. The first kappa shape index (κ1) is 9.94. The average molecular weight is 159 g/mol. The minimum absolute atomic E-state index is 0.180. The van der Waals surface area contributed by atoms with Crippen LogP contribution in [0.25, 0.3) is 0 Å². The first-order valence-electron chi connectivity index (χ1n) is 3.32. The number of Topliss-reactive ketones (excluding diaryl/α,β-unsaturated/α-hetero) is 1. The Kier molecular flexibility index (Phi) is 3.04. The maximum Gasteiger partial charge on any atom is 0.407 e. The van der Waals surface area contributed by atoms with Crippen molar-refractivity contribution in [1.82, 2.24) is 5.32 Å². The fraction of sp³-hybridized carbons (Fsp3) is 0.714. The van der Waals surface area contributed by atoms with Gasteiger partial charge in [0.1, 0.15) is 0 Å². The molecule has 0 aromatic carbocycles. The van der Waals surface area contributed by atoms with Gasteiger partial charge in [0.05, 0.1) is 0 Å². The minimum Gasteiger partial charge on any atom is -0.436 e. The summed E-state index contributed by atoms with van der Waals surface area (Å²) in [6.45, 7) is 4.47. The predicted octanol–water partition coefficient (Wildman–Crippen LogP) is 0.710. The number of nitrogens with one attached hydrogen (secondary N) is 1. The SMILES string of the molecule is CNC(=O)OC(C)(C)C(C)=O. The topological polar surface area (TPSA) is 55.4 Å². The Bertz CT molecular complexity index is 175. The van der Waals surface area contributed by atoms with Crippen LogP contribution in [0.1, 0.15) is 20.8 Å². The first-order valence-corrected chi connectivity index (χ1v) is 3.32. The number of ketones is 1. The van der Waals surface area contributed by atoms with Crippen molar-refractivity contribution in [1.29, 1.82) is 0 Å². The van der Waals surface area contributed by atoms with Gasteiger partial charge in [-0.05, 0) is 20.8 Å². The molecule has 0 atom stereocenters. The van der Waals surface area contributed by atoms with Crippen LogP contribution in [0.2, 0.25) is 0 Å². The van der Waals surface area contributed by atoms with Crippen LogP contribution in [0.5, 0.6) is 0 Å². The quantitative estimate of drug-likeness (QED) is 0.645. The summed E-state index contributed by atoms with van der Waals surface area (Å²) in [7, 11) is 1.44. The molecule has 0 rings (SSSR count). The van der Waals surface area contributed by atoms with Crippen molar-refractivity contribution >= 4 is 11.9 Å². The van der Waals surface area contributed by atoms with E-state index in [1.54, 1.807) is 13.8 Å². The molecule has 4 nitrogen and oxygen atoms in total. The molecule has 0 radical (unpaired) electrons. The molecule has 0 aliphatic rings. The predicted molar refractivity (Wildman–Crippen MR) is 40.3 cm³/mol. The summed E-state index contributed by atoms with van der Waals surface area (Å²) in [5.41, 5.74) is -1.03. The van der Waals surface area contributed by atoms with Crippen molar-refractivity contribution in [3.05, 3.63) is 0 Å². The van der Waals surface area contributed by atoms with Crippen LogP contribution >= 0.6 is 0 Å². The number of amides is 1. The summed E-state index contributed by atoms with van der Waals surface area (Å²) in [4.78, 5) is 21.5. The molecule has 11 heavy (non-hydrogen) atoms. The highest BCUT2D eigenvalue weighted by Crippen LogP contribution is 2.09. The fourth-order valence-electron chi connectivity index (χ4n) is 0.355. The summed E-state index contributed by atoms with van der Waals surface area (Å²) < 4.78 is 4.75. The van der Waals surface area contributed by atoms with E-state index in [-0.39, 0.29) is 5.78 Å². The zero-order valence-electron chi connectivity index (χ0n) is 7.22. The molecule has 4 heteroatoms. The Morgan fingerprint density at radius 2 is 1.82 bits per heavy atom. The van der Waals surface area contributed by atoms with Gasteiger partial charge in [-0.3, -0.25) is 4.79 Å². The molecule has 0 aromatic rings. The highest BCUT2D eigenvalue weighted by atomic mass is 16.6. The molecule has 0 spiro atoms. The lowest BCUT2D eigenvalue weighted by molar-refractivity contribution is -0.132. The molecule has 1 amide bonds. The van der Waals surface area contributed by atoms with Gasteiger partial charge in [0.15, 0.2) is 11.4 Å². The Morgan fingerprint density at radius 3 is 2.09 bits per heavy atom. The second kappa shape index (κ2) is 3.37. The monoisotopic (exact) mass is 159 g/mol. The fourth-order valence-corrected chi connectivity index (χ4v) is 0.355. The molecule has 0 bridgehead atoms. The van der Waals surface area contributed by atoms with Crippen molar-refractivity contribution in [2.75, 3.05) is 7.05 Å². The van der Waals surface area contributed by atoms with Gasteiger partial charge < -0.3 is 10.1 Å². The van der Waals surface area contributed by atoms with Gasteiger partial charge in [0, 0.05) is 7.05 Å². The normalized spacial score (nSPS) is 10.5. The van der Waals surface area contributed by atoms with Gasteiger partial charge in [-0.15, -0.1) is 0 Å². The Hall–Kier alpha value is -1.06. The Balaban J connectivity index is 4.12. The molecule has 0 aromatic heterocycles. The summed E-state index contributed by atoms with van der Waals surface area (Å²) >= 11 is 0. The van der Waals surface area contributed by atoms with Crippen LogP contribution < -0.4 is 5.32 Å². The van der Waals surface area contributed by atoms with Gasteiger partial charge in [-0.2, -0.15) is 0 Å². The maximum absolute atomic E-state index is 10.8. The summed E-state index contributed by atoms with van der Waals surface area (Å²) in [5.74, 6) is -0.180. The largest absolute Gasteiger partial charge is 0.436 e. The molecule has 0 aliphatic carbocycles. The van der Waals surface area contributed by atoms with Crippen molar-refractivity contribution in [3.8, 4) is 0 Å². The molecular formula is C7H13NO3. The molecule has 0 aliphatic heterocycles. The van der Waals surface area contributed by atoms with E-state index < -0.39 is 11.7 Å². The molecule has 0 unspecified atom stereocenters. The van der Waals surface area contributed by atoms with Crippen molar-refractivity contribution in [2.45, 2.75) is 26.4 Å². The lowest BCUT2D eigenvalue weighted by Gasteiger charge is -2.20. The highest BCUT2D eigenvalue weighted by molar-refractivity contribution is 5.86. The number of alkyl carbamates (subject to hydrolysis) is 1. The van der Waals surface area contributed by atoms with Crippen LogP contribution in [0, 0.1) is 0 Å².